The minimum atomic E-state index is -0.985. The summed E-state index contributed by atoms with van der Waals surface area (Å²) < 4.78 is 0. The van der Waals surface area contributed by atoms with Crippen molar-refractivity contribution in [2.75, 3.05) is 0 Å². The third kappa shape index (κ3) is 2.04. The predicted molar refractivity (Wildman–Crippen MR) is 63.6 cm³/mol. The van der Waals surface area contributed by atoms with Crippen LogP contribution in [-0.4, -0.2) is 22.3 Å². The molecule has 17 heavy (non-hydrogen) atoms. The SMILES string of the molecule is CCC1(c2ccncc2)N=CC(C(=O)O)=CN1. The lowest BCUT2D eigenvalue weighted by Gasteiger charge is -2.31. The van der Waals surface area contributed by atoms with Crippen LogP contribution in [0.2, 0.25) is 0 Å². The second kappa shape index (κ2) is 4.37. The fourth-order valence-corrected chi connectivity index (χ4v) is 1.75. The van der Waals surface area contributed by atoms with Crippen molar-refractivity contribution in [3.05, 3.63) is 41.9 Å². The summed E-state index contributed by atoms with van der Waals surface area (Å²) in [5.41, 5.74) is 0.539. The third-order valence-corrected chi connectivity index (χ3v) is 2.81. The first-order valence-electron chi connectivity index (χ1n) is 5.35. The molecule has 2 rings (SSSR count). The van der Waals surface area contributed by atoms with E-state index in [1.54, 1.807) is 12.4 Å². The van der Waals surface area contributed by atoms with Crippen LogP contribution in [0.15, 0.2) is 41.3 Å². The number of pyridine rings is 1. The summed E-state index contributed by atoms with van der Waals surface area (Å²) in [6.45, 7) is 1.99. The monoisotopic (exact) mass is 231 g/mol. The van der Waals surface area contributed by atoms with Crippen LogP contribution in [0.3, 0.4) is 0 Å². The Morgan fingerprint density at radius 3 is 2.65 bits per heavy atom. The zero-order valence-corrected chi connectivity index (χ0v) is 9.42. The average molecular weight is 231 g/mol. The molecule has 0 amide bonds. The molecule has 0 fully saturated rings. The zero-order chi connectivity index (χ0) is 12.3. The molecule has 1 aliphatic heterocycles. The molecule has 0 spiro atoms. The fourth-order valence-electron chi connectivity index (χ4n) is 1.75. The number of hydrogen-bond acceptors (Lipinski definition) is 4. The first-order valence-corrected chi connectivity index (χ1v) is 5.35. The van der Waals surface area contributed by atoms with Gasteiger partial charge in [-0.3, -0.25) is 9.98 Å². The highest BCUT2D eigenvalue weighted by Crippen LogP contribution is 2.28. The summed E-state index contributed by atoms with van der Waals surface area (Å²) in [5.74, 6) is -0.985. The lowest BCUT2D eigenvalue weighted by atomic mass is 9.97. The molecule has 0 saturated carbocycles. The molecule has 0 bridgehead atoms. The van der Waals surface area contributed by atoms with Gasteiger partial charge in [0.2, 0.25) is 0 Å². The summed E-state index contributed by atoms with van der Waals surface area (Å²) in [6, 6.07) is 3.74. The van der Waals surface area contributed by atoms with E-state index in [4.69, 9.17) is 5.11 Å². The standard InChI is InChI=1S/C12H13N3O2/c1-2-12(10-3-5-13-6-4-10)14-7-9(8-15-12)11(16)17/h3-8,14H,2H2,1H3,(H,16,17). The highest BCUT2D eigenvalue weighted by molar-refractivity contribution is 6.08. The van der Waals surface area contributed by atoms with E-state index in [1.165, 1.54) is 12.4 Å². The van der Waals surface area contributed by atoms with E-state index in [9.17, 15) is 4.79 Å². The number of aromatic nitrogens is 1. The molecule has 1 aliphatic rings. The Morgan fingerprint density at radius 1 is 1.47 bits per heavy atom. The number of carbonyl (C=O) groups is 1. The first-order chi connectivity index (χ1) is 8.18. The van der Waals surface area contributed by atoms with Gasteiger partial charge in [-0.2, -0.15) is 0 Å². The molecule has 88 valence electrons. The lowest BCUT2D eigenvalue weighted by molar-refractivity contribution is -0.132. The molecule has 0 aliphatic carbocycles. The van der Waals surface area contributed by atoms with Gasteiger partial charge >= 0.3 is 5.97 Å². The zero-order valence-electron chi connectivity index (χ0n) is 9.42. The lowest BCUT2D eigenvalue weighted by Crippen LogP contribution is -2.40. The molecule has 1 aromatic heterocycles. The Bertz CT molecular complexity index is 482. The van der Waals surface area contributed by atoms with Gasteiger partial charge in [-0.15, -0.1) is 0 Å². The normalized spacial score (nSPS) is 22.8. The molecule has 2 N–H and O–H groups in total. The Kier molecular flexibility index (Phi) is 2.91. The van der Waals surface area contributed by atoms with Crippen molar-refractivity contribution >= 4 is 12.2 Å². The minimum absolute atomic E-state index is 0.156. The Hall–Kier alpha value is -2.17. The van der Waals surface area contributed by atoms with E-state index >= 15 is 0 Å². The molecule has 1 atom stereocenters. The van der Waals surface area contributed by atoms with Crippen molar-refractivity contribution in [1.29, 1.82) is 0 Å². The topological polar surface area (TPSA) is 74.6 Å². The van der Waals surface area contributed by atoms with Gasteiger partial charge in [-0.25, -0.2) is 4.79 Å². The van der Waals surface area contributed by atoms with E-state index in [1.807, 2.05) is 19.1 Å². The molecule has 1 aromatic rings. The fraction of sp³-hybridized carbons (Fsp3) is 0.250. The van der Waals surface area contributed by atoms with Gasteiger partial charge in [0.25, 0.3) is 0 Å². The van der Waals surface area contributed by atoms with Gasteiger partial charge in [0, 0.05) is 30.4 Å². The summed E-state index contributed by atoms with van der Waals surface area (Å²) >= 11 is 0. The molecule has 1 unspecified atom stereocenters. The molecular weight excluding hydrogens is 218 g/mol. The van der Waals surface area contributed by atoms with Crippen LogP contribution in [0.4, 0.5) is 0 Å². The number of rotatable bonds is 3. The Morgan fingerprint density at radius 2 is 2.18 bits per heavy atom. The Balaban J connectivity index is 2.32. The van der Waals surface area contributed by atoms with Crippen LogP contribution in [-0.2, 0) is 10.5 Å². The number of carboxylic acids is 1. The molecule has 0 radical (unpaired) electrons. The van der Waals surface area contributed by atoms with Crippen LogP contribution in [0.25, 0.3) is 0 Å². The van der Waals surface area contributed by atoms with Crippen molar-refractivity contribution in [1.82, 2.24) is 10.3 Å². The van der Waals surface area contributed by atoms with Crippen LogP contribution in [0, 0.1) is 0 Å². The van der Waals surface area contributed by atoms with Gasteiger partial charge in [-0.1, -0.05) is 6.92 Å². The van der Waals surface area contributed by atoms with Gasteiger partial charge in [-0.05, 0) is 18.6 Å². The van der Waals surface area contributed by atoms with Gasteiger partial charge in [0.15, 0.2) is 5.66 Å². The molecular formula is C12H13N3O2. The van der Waals surface area contributed by atoms with E-state index in [0.29, 0.717) is 0 Å². The molecule has 5 heteroatoms. The van der Waals surface area contributed by atoms with Crippen LogP contribution >= 0.6 is 0 Å². The summed E-state index contributed by atoms with van der Waals surface area (Å²) in [7, 11) is 0. The highest BCUT2D eigenvalue weighted by Gasteiger charge is 2.30. The second-order valence-electron chi connectivity index (χ2n) is 3.76. The van der Waals surface area contributed by atoms with Gasteiger partial charge in [0.05, 0.1) is 5.57 Å². The average Bonchev–Trinajstić information content (AvgIpc) is 2.40. The van der Waals surface area contributed by atoms with Crippen molar-refractivity contribution in [2.45, 2.75) is 19.0 Å². The summed E-state index contributed by atoms with van der Waals surface area (Å²) in [5, 5.41) is 11.9. The highest BCUT2D eigenvalue weighted by atomic mass is 16.4. The first kappa shape index (κ1) is 11.3. The van der Waals surface area contributed by atoms with Gasteiger partial charge in [0.1, 0.15) is 0 Å². The maximum atomic E-state index is 10.8. The largest absolute Gasteiger partial charge is 0.478 e. The Labute approximate surface area is 98.9 Å². The van der Waals surface area contributed by atoms with Crippen molar-refractivity contribution in [3.8, 4) is 0 Å². The second-order valence-corrected chi connectivity index (χ2v) is 3.76. The van der Waals surface area contributed by atoms with Gasteiger partial charge < -0.3 is 10.4 Å². The van der Waals surface area contributed by atoms with Crippen molar-refractivity contribution in [3.63, 3.8) is 0 Å². The van der Waals surface area contributed by atoms with E-state index in [2.05, 4.69) is 15.3 Å². The summed E-state index contributed by atoms with van der Waals surface area (Å²) in [4.78, 5) is 19.1. The maximum Gasteiger partial charge on any atom is 0.338 e. The number of hydrogen-bond donors (Lipinski definition) is 2. The van der Waals surface area contributed by atoms with Crippen LogP contribution in [0.5, 0.6) is 0 Å². The minimum Gasteiger partial charge on any atom is -0.478 e. The van der Waals surface area contributed by atoms with Crippen molar-refractivity contribution < 1.29 is 9.90 Å². The quantitative estimate of drug-likeness (QED) is 0.822. The maximum absolute atomic E-state index is 10.8. The number of aliphatic carboxylic acids is 1. The predicted octanol–water partition coefficient (Wildman–Crippen LogP) is 1.29. The number of carboxylic acid groups (broad SMARTS) is 1. The molecule has 0 aromatic carbocycles. The molecule has 0 saturated heterocycles. The van der Waals surface area contributed by atoms with E-state index in [-0.39, 0.29) is 5.57 Å². The number of nitrogens with zero attached hydrogens (tertiary/aromatic N) is 2. The van der Waals surface area contributed by atoms with Crippen molar-refractivity contribution in [2.24, 2.45) is 4.99 Å². The number of nitrogens with one attached hydrogen (secondary N) is 1. The van der Waals surface area contributed by atoms with Crippen LogP contribution in [0.1, 0.15) is 18.9 Å². The van der Waals surface area contributed by atoms with Crippen LogP contribution < -0.4 is 5.32 Å². The number of aliphatic imine (C=N–C) groups is 1. The molecule has 2 heterocycles. The molecule has 5 nitrogen and oxygen atoms in total. The van der Waals surface area contributed by atoms with E-state index in [0.717, 1.165) is 12.0 Å². The third-order valence-electron chi connectivity index (χ3n) is 2.81. The van der Waals surface area contributed by atoms with E-state index < -0.39 is 11.6 Å². The smallest absolute Gasteiger partial charge is 0.338 e. The summed E-state index contributed by atoms with van der Waals surface area (Å²) in [6.07, 6.45) is 6.99.